The molecule has 1 saturated carbocycles. The van der Waals surface area contributed by atoms with Gasteiger partial charge in [0.2, 0.25) is 0 Å². The van der Waals surface area contributed by atoms with E-state index in [9.17, 15) is 0 Å². The predicted octanol–water partition coefficient (Wildman–Crippen LogP) is 1.27. The largest absolute Gasteiger partial charge is 0.324 e. The molecule has 1 unspecified atom stereocenters. The Hall–Kier alpha value is -0.970. The van der Waals surface area contributed by atoms with Crippen molar-refractivity contribution in [1.29, 1.82) is 0 Å². The number of rotatable bonds is 2. The molecule has 0 bridgehead atoms. The molecule has 1 aliphatic carbocycles. The molecule has 0 saturated heterocycles. The van der Waals surface area contributed by atoms with E-state index in [1.807, 2.05) is 4.68 Å². The fourth-order valence-electron chi connectivity index (χ4n) is 2.50. The van der Waals surface area contributed by atoms with Crippen LogP contribution in [0.4, 0.5) is 0 Å². The fraction of sp³-hybridized carbons (Fsp3) is 0.900. The molecule has 0 radical (unpaired) electrons. The molecule has 0 amide bonds. The number of tetrazole rings is 1. The molecule has 0 spiro atoms. The highest BCUT2D eigenvalue weighted by molar-refractivity contribution is 4.88. The van der Waals surface area contributed by atoms with Crippen LogP contribution in [-0.4, -0.2) is 20.2 Å². The summed E-state index contributed by atoms with van der Waals surface area (Å²) in [6.45, 7) is 5.04. The third kappa shape index (κ3) is 2.17. The molecule has 1 aromatic rings. The summed E-state index contributed by atoms with van der Waals surface area (Å²) >= 11 is 0. The Morgan fingerprint density at radius 3 is 3.00 bits per heavy atom. The van der Waals surface area contributed by atoms with Crippen molar-refractivity contribution < 1.29 is 0 Å². The van der Waals surface area contributed by atoms with Gasteiger partial charge in [-0.05, 0) is 35.1 Å². The van der Waals surface area contributed by atoms with Gasteiger partial charge in [-0.1, -0.05) is 20.3 Å². The Kier molecular flexibility index (Phi) is 2.73. The van der Waals surface area contributed by atoms with E-state index in [0.29, 0.717) is 18.0 Å². The lowest BCUT2D eigenvalue weighted by Gasteiger charge is -2.35. The molecule has 1 aliphatic rings. The van der Waals surface area contributed by atoms with E-state index >= 15 is 0 Å². The SMILES string of the molecule is CC1(C)CCCC(n2nnnc2CN)C1. The minimum Gasteiger partial charge on any atom is -0.324 e. The summed E-state index contributed by atoms with van der Waals surface area (Å²) in [6.07, 6.45) is 4.86. The summed E-state index contributed by atoms with van der Waals surface area (Å²) in [7, 11) is 0. The van der Waals surface area contributed by atoms with Gasteiger partial charge in [-0.2, -0.15) is 0 Å². The molecule has 1 aromatic heterocycles. The van der Waals surface area contributed by atoms with E-state index in [0.717, 1.165) is 12.2 Å². The minimum absolute atomic E-state index is 0.404. The van der Waals surface area contributed by atoms with Gasteiger partial charge in [-0.15, -0.1) is 5.10 Å². The number of nitrogens with zero attached hydrogens (tertiary/aromatic N) is 4. The minimum atomic E-state index is 0.404. The van der Waals surface area contributed by atoms with Crippen molar-refractivity contribution in [1.82, 2.24) is 20.2 Å². The van der Waals surface area contributed by atoms with Crippen molar-refractivity contribution in [2.75, 3.05) is 0 Å². The smallest absolute Gasteiger partial charge is 0.165 e. The zero-order chi connectivity index (χ0) is 10.9. The van der Waals surface area contributed by atoms with E-state index in [4.69, 9.17) is 5.73 Å². The van der Waals surface area contributed by atoms with Crippen LogP contribution < -0.4 is 5.73 Å². The highest BCUT2D eigenvalue weighted by atomic mass is 15.6. The quantitative estimate of drug-likeness (QED) is 0.796. The van der Waals surface area contributed by atoms with Gasteiger partial charge < -0.3 is 5.73 Å². The lowest BCUT2D eigenvalue weighted by atomic mass is 9.75. The number of nitrogens with two attached hydrogens (primary N) is 1. The monoisotopic (exact) mass is 209 g/mol. The van der Waals surface area contributed by atoms with Crippen molar-refractivity contribution in [3.8, 4) is 0 Å². The average molecular weight is 209 g/mol. The van der Waals surface area contributed by atoms with Crippen LogP contribution in [0.25, 0.3) is 0 Å². The average Bonchev–Trinajstić information content (AvgIpc) is 2.63. The first-order valence-electron chi connectivity index (χ1n) is 5.59. The normalized spacial score (nSPS) is 25.4. The van der Waals surface area contributed by atoms with Crippen molar-refractivity contribution >= 4 is 0 Å². The second-order valence-corrected chi connectivity index (χ2v) is 5.16. The maximum absolute atomic E-state index is 5.61. The zero-order valence-electron chi connectivity index (χ0n) is 9.48. The van der Waals surface area contributed by atoms with Gasteiger partial charge in [-0.3, -0.25) is 0 Å². The standard InChI is InChI=1S/C10H19N5/c1-10(2)5-3-4-8(6-10)15-9(7-11)12-13-14-15/h8H,3-7,11H2,1-2H3. The van der Waals surface area contributed by atoms with Crippen LogP contribution in [0.5, 0.6) is 0 Å². The van der Waals surface area contributed by atoms with Crippen LogP contribution in [0.3, 0.4) is 0 Å². The fourth-order valence-corrected chi connectivity index (χ4v) is 2.50. The van der Waals surface area contributed by atoms with E-state index in [1.54, 1.807) is 0 Å². The lowest BCUT2D eigenvalue weighted by molar-refractivity contribution is 0.170. The summed E-state index contributed by atoms with van der Waals surface area (Å²) in [5.74, 6) is 0.803. The molecule has 0 aliphatic heterocycles. The summed E-state index contributed by atoms with van der Waals surface area (Å²) in [5.41, 5.74) is 6.01. The summed E-state index contributed by atoms with van der Waals surface area (Å²) < 4.78 is 1.92. The zero-order valence-corrected chi connectivity index (χ0v) is 9.48. The van der Waals surface area contributed by atoms with E-state index < -0.39 is 0 Å². The maximum atomic E-state index is 5.61. The molecular weight excluding hydrogens is 190 g/mol. The Bertz CT molecular complexity index is 330. The molecule has 5 heteroatoms. The molecule has 1 heterocycles. The van der Waals surface area contributed by atoms with Gasteiger partial charge in [0.1, 0.15) is 0 Å². The molecule has 1 fully saturated rings. The third-order valence-electron chi connectivity index (χ3n) is 3.27. The molecule has 1 atom stereocenters. The van der Waals surface area contributed by atoms with Gasteiger partial charge in [-0.25, -0.2) is 4.68 Å². The first-order valence-corrected chi connectivity index (χ1v) is 5.59. The predicted molar refractivity (Wildman–Crippen MR) is 57.0 cm³/mol. The summed E-state index contributed by atoms with van der Waals surface area (Å²) in [6, 6.07) is 0.433. The first-order chi connectivity index (χ1) is 7.12. The van der Waals surface area contributed by atoms with Crippen LogP contribution in [0.15, 0.2) is 0 Å². The molecule has 15 heavy (non-hydrogen) atoms. The van der Waals surface area contributed by atoms with Gasteiger partial charge in [0.05, 0.1) is 12.6 Å². The Morgan fingerprint density at radius 2 is 2.33 bits per heavy atom. The molecule has 5 nitrogen and oxygen atoms in total. The molecule has 2 N–H and O–H groups in total. The van der Waals surface area contributed by atoms with Crippen LogP contribution in [0.2, 0.25) is 0 Å². The molecular formula is C10H19N5. The van der Waals surface area contributed by atoms with Gasteiger partial charge in [0, 0.05) is 0 Å². The second kappa shape index (κ2) is 3.89. The van der Waals surface area contributed by atoms with Gasteiger partial charge >= 0.3 is 0 Å². The van der Waals surface area contributed by atoms with Crippen molar-refractivity contribution in [3.63, 3.8) is 0 Å². The van der Waals surface area contributed by atoms with Crippen molar-refractivity contribution in [2.24, 2.45) is 11.1 Å². The Morgan fingerprint density at radius 1 is 1.53 bits per heavy atom. The van der Waals surface area contributed by atoms with E-state index in [2.05, 4.69) is 29.4 Å². The van der Waals surface area contributed by atoms with Gasteiger partial charge in [0.25, 0.3) is 0 Å². The second-order valence-electron chi connectivity index (χ2n) is 5.16. The van der Waals surface area contributed by atoms with Crippen molar-refractivity contribution in [3.05, 3.63) is 5.82 Å². The highest BCUT2D eigenvalue weighted by Crippen LogP contribution is 2.40. The molecule has 84 valence electrons. The Labute approximate surface area is 90.0 Å². The van der Waals surface area contributed by atoms with Gasteiger partial charge in [0.15, 0.2) is 5.82 Å². The summed E-state index contributed by atoms with van der Waals surface area (Å²) in [5, 5.41) is 11.7. The number of aromatic nitrogens is 4. The first kappa shape index (κ1) is 10.5. The lowest BCUT2D eigenvalue weighted by Crippen LogP contribution is -2.27. The van der Waals surface area contributed by atoms with Crippen LogP contribution in [-0.2, 0) is 6.54 Å². The highest BCUT2D eigenvalue weighted by Gasteiger charge is 2.30. The topological polar surface area (TPSA) is 69.6 Å². The van der Waals surface area contributed by atoms with E-state index in [-0.39, 0.29) is 0 Å². The molecule has 0 aromatic carbocycles. The third-order valence-corrected chi connectivity index (χ3v) is 3.27. The van der Waals surface area contributed by atoms with Crippen LogP contribution in [0.1, 0.15) is 51.4 Å². The maximum Gasteiger partial charge on any atom is 0.165 e. The summed E-state index contributed by atoms with van der Waals surface area (Å²) in [4.78, 5) is 0. The van der Waals surface area contributed by atoms with Crippen LogP contribution >= 0.6 is 0 Å². The van der Waals surface area contributed by atoms with Crippen LogP contribution in [0, 0.1) is 5.41 Å². The number of hydrogen-bond acceptors (Lipinski definition) is 4. The van der Waals surface area contributed by atoms with Crippen molar-refractivity contribution in [2.45, 2.75) is 52.1 Å². The molecule has 2 rings (SSSR count). The Balaban J connectivity index is 2.17. The number of hydrogen-bond donors (Lipinski definition) is 1. The van der Waals surface area contributed by atoms with E-state index in [1.165, 1.54) is 19.3 Å².